The van der Waals surface area contributed by atoms with Gasteiger partial charge < -0.3 is 13.6 Å². The number of furan rings is 1. The number of para-hydroxylation sites is 3. The minimum absolute atomic E-state index is 0.556. The van der Waals surface area contributed by atoms with E-state index in [-0.39, 0.29) is 0 Å². The van der Waals surface area contributed by atoms with Crippen molar-refractivity contribution in [1.82, 2.24) is 24.1 Å². The number of hydrogen-bond donors (Lipinski definition) is 0. The summed E-state index contributed by atoms with van der Waals surface area (Å²) >= 11 is 0. The maximum Gasteiger partial charge on any atom is 0.166 e. The minimum Gasteiger partial charge on any atom is -0.456 e. The molecule has 0 saturated heterocycles. The fourth-order valence-corrected chi connectivity index (χ4v) is 11.0. The minimum atomic E-state index is 0.556. The Balaban J connectivity index is 1.04. The number of nitrogens with zero attached hydrogens (tertiary/aromatic N) is 5. The average Bonchev–Trinajstić information content (AvgIpc) is 4.09. The third-order valence-electron chi connectivity index (χ3n) is 14.3. The first-order valence-electron chi connectivity index (χ1n) is 24.0. The van der Waals surface area contributed by atoms with E-state index in [0.717, 1.165) is 99.4 Å². The van der Waals surface area contributed by atoms with Crippen molar-refractivity contribution in [2.75, 3.05) is 0 Å². The summed E-state index contributed by atoms with van der Waals surface area (Å²) in [4.78, 5) is 16.5. The average molecular weight is 906 g/mol. The summed E-state index contributed by atoms with van der Waals surface area (Å²) in [5, 5.41) is 11.4. The summed E-state index contributed by atoms with van der Waals surface area (Å²) in [6, 6.07) is 83.9. The second kappa shape index (κ2) is 15.4. The zero-order valence-corrected chi connectivity index (χ0v) is 38.2. The molecule has 0 atom stereocenters. The predicted octanol–water partition coefficient (Wildman–Crippen LogP) is 16.9. The van der Waals surface area contributed by atoms with E-state index in [1.807, 2.05) is 18.2 Å². The lowest BCUT2D eigenvalue weighted by Gasteiger charge is -2.16. The van der Waals surface area contributed by atoms with E-state index >= 15 is 0 Å². The molecular formula is C65H39N5O. The molecular weight excluding hydrogens is 867 g/mol. The lowest BCUT2D eigenvalue weighted by Crippen LogP contribution is -2.04. The maximum absolute atomic E-state index is 6.73. The highest BCUT2D eigenvalue weighted by Crippen LogP contribution is 2.44. The van der Waals surface area contributed by atoms with Crippen molar-refractivity contribution in [2.24, 2.45) is 0 Å². The Morgan fingerprint density at radius 3 is 1.75 bits per heavy atom. The van der Waals surface area contributed by atoms with Crippen LogP contribution in [0.4, 0.5) is 0 Å². The topological polar surface area (TPSA) is 61.7 Å². The van der Waals surface area contributed by atoms with Gasteiger partial charge in [-0.25, -0.2) is 15.0 Å². The van der Waals surface area contributed by atoms with Gasteiger partial charge in [-0.1, -0.05) is 158 Å². The predicted molar refractivity (Wildman–Crippen MR) is 293 cm³/mol. The number of hydrogen-bond acceptors (Lipinski definition) is 4. The van der Waals surface area contributed by atoms with E-state index in [4.69, 9.17) is 19.4 Å². The van der Waals surface area contributed by atoms with Crippen molar-refractivity contribution in [1.29, 1.82) is 0 Å². The molecule has 0 radical (unpaired) electrons. The van der Waals surface area contributed by atoms with Crippen molar-refractivity contribution in [3.8, 4) is 56.7 Å². The normalized spacial score (nSPS) is 11.9. The van der Waals surface area contributed by atoms with Crippen LogP contribution in [0.5, 0.6) is 0 Å². The lowest BCUT2D eigenvalue weighted by atomic mass is 10.0. The Morgan fingerprint density at radius 2 is 0.915 bits per heavy atom. The number of benzene rings is 11. The highest BCUT2D eigenvalue weighted by molar-refractivity contribution is 6.24. The van der Waals surface area contributed by atoms with Gasteiger partial charge in [0.1, 0.15) is 11.2 Å². The van der Waals surface area contributed by atoms with Crippen LogP contribution in [0.3, 0.4) is 0 Å². The molecule has 0 amide bonds. The van der Waals surface area contributed by atoms with E-state index < -0.39 is 0 Å². The smallest absolute Gasteiger partial charge is 0.166 e. The van der Waals surface area contributed by atoms with E-state index in [1.165, 1.54) is 26.9 Å². The first-order valence-corrected chi connectivity index (χ1v) is 24.0. The Kier molecular flexibility index (Phi) is 8.56. The fraction of sp³-hybridized carbons (Fsp3) is 0. The van der Waals surface area contributed by atoms with E-state index in [2.05, 4.69) is 228 Å². The summed E-state index contributed by atoms with van der Waals surface area (Å²) in [6.45, 7) is 0. The molecule has 6 heteroatoms. The van der Waals surface area contributed by atoms with Gasteiger partial charge in [-0.15, -0.1) is 0 Å². The Labute approximate surface area is 407 Å². The molecule has 15 aromatic rings. The van der Waals surface area contributed by atoms with Crippen molar-refractivity contribution in [2.45, 2.75) is 0 Å². The zero-order chi connectivity index (χ0) is 46.6. The van der Waals surface area contributed by atoms with Crippen molar-refractivity contribution >= 4 is 87.1 Å². The van der Waals surface area contributed by atoms with Gasteiger partial charge in [-0.2, -0.15) is 0 Å². The first kappa shape index (κ1) is 39.4. The van der Waals surface area contributed by atoms with E-state index in [1.54, 1.807) is 0 Å². The van der Waals surface area contributed by atoms with Gasteiger partial charge in [0.2, 0.25) is 0 Å². The van der Waals surface area contributed by atoms with Crippen LogP contribution in [0.1, 0.15) is 0 Å². The third-order valence-corrected chi connectivity index (χ3v) is 14.3. The van der Waals surface area contributed by atoms with Crippen LogP contribution in [0.2, 0.25) is 0 Å². The number of fused-ring (bicyclic) bond motifs is 12. The van der Waals surface area contributed by atoms with Crippen LogP contribution >= 0.6 is 0 Å². The largest absolute Gasteiger partial charge is 0.456 e. The maximum atomic E-state index is 6.73. The molecule has 6 nitrogen and oxygen atoms in total. The monoisotopic (exact) mass is 905 g/mol. The SMILES string of the molecule is c1ccc(-c2cccc(-c3nc(-c4ccc5c(c4)c4ccccc4n5-c4ccccc4)nc(-c4cc5c(cc4-n4c6cc7ccccc7cc6c6c7ccccc7ccc64)oc4ccccc45)n3)c2)cc1. The van der Waals surface area contributed by atoms with Crippen molar-refractivity contribution < 1.29 is 4.42 Å². The van der Waals surface area contributed by atoms with Crippen molar-refractivity contribution in [3.05, 3.63) is 237 Å². The van der Waals surface area contributed by atoms with Gasteiger partial charge in [0.15, 0.2) is 17.5 Å². The second-order valence-electron chi connectivity index (χ2n) is 18.4. The Bertz CT molecular complexity index is 4640. The van der Waals surface area contributed by atoms with Gasteiger partial charge in [-0.05, 0) is 105 Å². The Morgan fingerprint density at radius 1 is 0.296 bits per heavy atom. The number of aromatic nitrogens is 5. The standard InChI is InChI=1S/C65H39N5O/c1-3-16-40(17-4-1)42-21-15-22-45(34-42)63-66-64(46-31-32-56-51(36-46)49-26-11-13-28-55(49)69(56)47-23-5-2-6-24-47)68-65(67-63)54-38-52-50-27-12-14-29-60(50)71-61(52)39-59(54)70-57-33-30-41-18-9-10-25-48(41)62(57)53-35-43-19-7-8-20-44(43)37-58(53)70/h1-39H. The van der Waals surface area contributed by atoms with E-state index in [9.17, 15) is 0 Å². The van der Waals surface area contributed by atoms with Crippen molar-refractivity contribution in [3.63, 3.8) is 0 Å². The molecule has 11 aromatic carbocycles. The molecule has 0 N–H and O–H groups in total. The molecule has 0 aliphatic heterocycles. The molecule has 0 saturated carbocycles. The van der Waals surface area contributed by atoms with Gasteiger partial charge >= 0.3 is 0 Å². The van der Waals surface area contributed by atoms with Crippen LogP contribution in [0.15, 0.2) is 241 Å². The lowest BCUT2D eigenvalue weighted by molar-refractivity contribution is 0.668. The molecule has 0 aliphatic rings. The molecule has 0 fully saturated rings. The highest BCUT2D eigenvalue weighted by atomic mass is 16.3. The molecule has 4 aromatic heterocycles. The van der Waals surface area contributed by atoms with Crippen LogP contribution in [-0.4, -0.2) is 24.1 Å². The summed E-state index contributed by atoms with van der Waals surface area (Å²) < 4.78 is 11.5. The molecule has 0 aliphatic carbocycles. The highest BCUT2D eigenvalue weighted by Gasteiger charge is 2.24. The molecule has 4 heterocycles. The molecule has 0 bridgehead atoms. The molecule has 0 spiro atoms. The molecule has 15 rings (SSSR count). The van der Waals surface area contributed by atoms with Gasteiger partial charge in [0.25, 0.3) is 0 Å². The van der Waals surface area contributed by atoms with Gasteiger partial charge in [0, 0.05) is 60.8 Å². The quantitative estimate of drug-likeness (QED) is 0.167. The number of rotatable bonds is 6. The third kappa shape index (κ3) is 6.18. The Hall–Kier alpha value is -9.65. The zero-order valence-electron chi connectivity index (χ0n) is 38.2. The summed E-state index contributed by atoms with van der Waals surface area (Å²) in [7, 11) is 0. The summed E-state index contributed by atoms with van der Waals surface area (Å²) in [5.41, 5.74) is 12.9. The summed E-state index contributed by atoms with van der Waals surface area (Å²) in [6.07, 6.45) is 0. The van der Waals surface area contributed by atoms with Crippen LogP contribution in [0, 0.1) is 0 Å². The second-order valence-corrected chi connectivity index (χ2v) is 18.4. The fourth-order valence-electron chi connectivity index (χ4n) is 11.0. The van der Waals surface area contributed by atoms with Gasteiger partial charge in [-0.3, -0.25) is 0 Å². The first-order chi connectivity index (χ1) is 35.2. The van der Waals surface area contributed by atoms with E-state index in [0.29, 0.717) is 17.5 Å². The summed E-state index contributed by atoms with van der Waals surface area (Å²) in [5.74, 6) is 1.72. The molecule has 0 unspecified atom stereocenters. The van der Waals surface area contributed by atoms with Crippen LogP contribution in [-0.2, 0) is 0 Å². The van der Waals surface area contributed by atoms with Crippen LogP contribution in [0.25, 0.3) is 144 Å². The van der Waals surface area contributed by atoms with Gasteiger partial charge in [0.05, 0.1) is 27.8 Å². The van der Waals surface area contributed by atoms with Crippen LogP contribution < -0.4 is 0 Å². The molecule has 330 valence electrons. The molecule has 71 heavy (non-hydrogen) atoms.